The number of benzene rings is 3. The minimum absolute atomic E-state index is 1.06. The van der Waals surface area contributed by atoms with E-state index in [1.165, 1.54) is 27.4 Å². The first-order valence-corrected chi connectivity index (χ1v) is 7.93. The van der Waals surface area contributed by atoms with Gasteiger partial charge in [-0.25, -0.2) is 0 Å². The molecule has 0 unspecified atom stereocenters. The summed E-state index contributed by atoms with van der Waals surface area (Å²) in [5.41, 5.74) is 4.11. The number of rotatable bonds is 4. The van der Waals surface area contributed by atoms with E-state index < -0.39 is 0 Å². The Labute approximate surface area is 130 Å². The van der Waals surface area contributed by atoms with Gasteiger partial charge in [0, 0.05) is 28.4 Å². The molecule has 0 aliphatic carbocycles. The highest BCUT2D eigenvalue weighted by atomic mass is 15.0. The smallest absolute Gasteiger partial charge is 0.0491 e. The molecule has 4 aromatic rings. The van der Waals surface area contributed by atoms with Crippen molar-refractivity contribution in [3.63, 3.8) is 0 Å². The maximum atomic E-state index is 2.47. The number of fused-ring (bicyclic) bond motifs is 3. The Hall–Kier alpha value is -2.54. The summed E-state index contributed by atoms with van der Waals surface area (Å²) in [6.45, 7) is 1.06. The van der Waals surface area contributed by atoms with Crippen LogP contribution in [-0.2, 0) is 13.0 Å². The van der Waals surface area contributed by atoms with Gasteiger partial charge >= 0.3 is 0 Å². The number of hydrogen-bond donors (Lipinski definition) is 0. The van der Waals surface area contributed by atoms with E-state index >= 15 is 0 Å². The average Bonchev–Trinajstić information content (AvgIpc) is 2.91. The van der Waals surface area contributed by atoms with Crippen LogP contribution >= 0.6 is 0 Å². The van der Waals surface area contributed by atoms with Gasteiger partial charge in [-0.05, 0) is 30.5 Å². The molecule has 22 heavy (non-hydrogen) atoms. The summed E-state index contributed by atoms with van der Waals surface area (Å²) in [4.78, 5) is 0. The van der Waals surface area contributed by atoms with Gasteiger partial charge in [-0.3, -0.25) is 0 Å². The third kappa shape index (κ3) is 2.29. The van der Waals surface area contributed by atoms with Crippen LogP contribution in [0.1, 0.15) is 12.0 Å². The van der Waals surface area contributed by atoms with Crippen molar-refractivity contribution in [3.8, 4) is 0 Å². The maximum Gasteiger partial charge on any atom is 0.0491 e. The highest BCUT2D eigenvalue weighted by molar-refractivity contribution is 6.07. The van der Waals surface area contributed by atoms with Gasteiger partial charge in [0.05, 0.1) is 0 Å². The van der Waals surface area contributed by atoms with E-state index in [1.54, 1.807) is 0 Å². The number of aromatic nitrogens is 1. The van der Waals surface area contributed by atoms with Gasteiger partial charge < -0.3 is 4.57 Å². The fraction of sp³-hybridized carbons (Fsp3) is 0.143. The summed E-state index contributed by atoms with van der Waals surface area (Å²) in [7, 11) is 0. The summed E-state index contributed by atoms with van der Waals surface area (Å²) < 4.78 is 2.47. The average molecular weight is 285 g/mol. The molecular weight excluding hydrogens is 266 g/mol. The molecule has 0 radical (unpaired) electrons. The Morgan fingerprint density at radius 1 is 0.591 bits per heavy atom. The van der Waals surface area contributed by atoms with Crippen LogP contribution in [0.2, 0.25) is 0 Å². The monoisotopic (exact) mass is 285 g/mol. The summed E-state index contributed by atoms with van der Waals surface area (Å²) >= 11 is 0. The molecule has 0 saturated heterocycles. The predicted molar refractivity (Wildman–Crippen MR) is 94.2 cm³/mol. The van der Waals surface area contributed by atoms with Crippen molar-refractivity contribution in [2.75, 3.05) is 0 Å². The first kappa shape index (κ1) is 13.1. The lowest BCUT2D eigenvalue weighted by molar-refractivity contribution is 0.678. The van der Waals surface area contributed by atoms with Crippen LogP contribution < -0.4 is 0 Å². The van der Waals surface area contributed by atoms with Gasteiger partial charge in [-0.2, -0.15) is 0 Å². The Balaban J connectivity index is 1.68. The zero-order chi connectivity index (χ0) is 14.8. The van der Waals surface area contributed by atoms with Gasteiger partial charge in [0.25, 0.3) is 0 Å². The van der Waals surface area contributed by atoms with E-state index in [0.29, 0.717) is 0 Å². The fourth-order valence-corrected chi connectivity index (χ4v) is 3.33. The molecule has 0 bridgehead atoms. The third-order valence-corrected chi connectivity index (χ3v) is 4.37. The molecule has 1 aromatic heterocycles. The molecule has 0 amide bonds. The molecule has 0 fully saturated rings. The van der Waals surface area contributed by atoms with E-state index in [4.69, 9.17) is 0 Å². The van der Waals surface area contributed by atoms with Gasteiger partial charge in [-0.1, -0.05) is 66.7 Å². The first-order chi connectivity index (χ1) is 10.9. The van der Waals surface area contributed by atoms with Crippen LogP contribution in [0.5, 0.6) is 0 Å². The largest absolute Gasteiger partial charge is 0.340 e. The molecule has 0 N–H and O–H groups in total. The molecule has 4 rings (SSSR count). The quantitative estimate of drug-likeness (QED) is 0.471. The third-order valence-electron chi connectivity index (χ3n) is 4.37. The second-order valence-corrected chi connectivity index (χ2v) is 5.78. The molecule has 1 heterocycles. The number of aryl methyl sites for hydroxylation is 2. The zero-order valence-corrected chi connectivity index (χ0v) is 12.6. The second kappa shape index (κ2) is 5.69. The van der Waals surface area contributed by atoms with Crippen molar-refractivity contribution < 1.29 is 0 Å². The van der Waals surface area contributed by atoms with Crippen molar-refractivity contribution >= 4 is 21.8 Å². The molecule has 0 aliphatic rings. The fourth-order valence-electron chi connectivity index (χ4n) is 3.33. The van der Waals surface area contributed by atoms with Gasteiger partial charge in [-0.15, -0.1) is 0 Å². The number of hydrogen-bond acceptors (Lipinski definition) is 0. The minimum atomic E-state index is 1.06. The van der Waals surface area contributed by atoms with E-state index in [2.05, 4.69) is 83.4 Å². The lowest BCUT2D eigenvalue weighted by Gasteiger charge is -2.07. The lowest BCUT2D eigenvalue weighted by Crippen LogP contribution is -1.99. The molecule has 3 aromatic carbocycles. The van der Waals surface area contributed by atoms with E-state index in [0.717, 1.165) is 19.4 Å². The van der Waals surface area contributed by atoms with Crippen LogP contribution in [-0.4, -0.2) is 4.57 Å². The second-order valence-electron chi connectivity index (χ2n) is 5.78. The highest BCUT2D eigenvalue weighted by Gasteiger charge is 2.08. The van der Waals surface area contributed by atoms with E-state index in [9.17, 15) is 0 Å². The standard InChI is InChI=1S/C21H19N/c1-2-9-17(10-3-1)11-8-16-22-20-14-6-4-12-18(20)19-13-5-7-15-21(19)22/h1-7,9-10,12-15H,8,11,16H2. The Bertz CT molecular complexity index is 850. The van der Waals surface area contributed by atoms with Crippen LogP contribution in [0.4, 0.5) is 0 Å². The molecule has 108 valence electrons. The van der Waals surface area contributed by atoms with Crippen molar-refractivity contribution in [3.05, 3.63) is 84.4 Å². The Kier molecular flexibility index (Phi) is 3.40. The van der Waals surface area contributed by atoms with Crippen molar-refractivity contribution in [1.82, 2.24) is 4.57 Å². The first-order valence-electron chi connectivity index (χ1n) is 7.93. The molecule has 0 saturated carbocycles. The molecule has 0 spiro atoms. The van der Waals surface area contributed by atoms with Crippen LogP contribution in [0.25, 0.3) is 21.8 Å². The van der Waals surface area contributed by atoms with Crippen molar-refractivity contribution in [2.24, 2.45) is 0 Å². The Morgan fingerprint density at radius 2 is 1.14 bits per heavy atom. The van der Waals surface area contributed by atoms with Gasteiger partial charge in [0.15, 0.2) is 0 Å². The summed E-state index contributed by atoms with van der Waals surface area (Å²) in [5.74, 6) is 0. The van der Waals surface area contributed by atoms with E-state index in [-0.39, 0.29) is 0 Å². The lowest BCUT2D eigenvalue weighted by atomic mass is 10.1. The topological polar surface area (TPSA) is 4.93 Å². The van der Waals surface area contributed by atoms with Crippen LogP contribution in [0.15, 0.2) is 78.9 Å². The summed E-state index contributed by atoms with van der Waals surface area (Å²) in [5, 5.41) is 2.72. The summed E-state index contributed by atoms with van der Waals surface area (Å²) in [6, 6.07) is 28.2. The molecule has 1 heteroatoms. The molecule has 0 aliphatic heterocycles. The van der Waals surface area contributed by atoms with Crippen molar-refractivity contribution in [1.29, 1.82) is 0 Å². The SMILES string of the molecule is c1ccc(CCCn2c3ccccc3c3ccccc32)cc1. The van der Waals surface area contributed by atoms with E-state index in [1.807, 2.05) is 0 Å². The summed E-state index contributed by atoms with van der Waals surface area (Å²) in [6.07, 6.45) is 2.29. The van der Waals surface area contributed by atoms with Crippen LogP contribution in [0, 0.1) is 0 Å². The van der Waals surface area contributed by atoms with Gasteiger partial charge in [0.2, 0.25) is 0 Å². The normalized spacial score (nSPS) is 11.3. The zero-order valence-electron chi connectivity index (χ0n) is 12.6. The molecule has 0 atom stereocenters. The predicted octanol–water partition coefficient (Wildman–Crippen LogP) is 5.43. The number of para-hydroxylation sites is 2. The van der Waals surface area contributed by atoms with Crippen LogP contribution in [0.3, 0.4) is 0 Å². The maximum absolute atomic E-state index is 2.47. The highest BCUT2D eigenvalue weighted by Crippen LogP contribution is 2.28. The molecular formula is C21H19N. The molecule has 1 nitrogen and oxygen atoms in total. The Morgan fingerprint density at radius 3 is 1.77 bits per heavy atom. The van der Waals surface area contributed by atoms with Gasteiger partial charge in [0.1, 0.15) is 0 Å². The number of nitrogens with zero attached hydrogens (tertiary/aromatic N) is 1. The van der Waals surface area contributed by atoms with Crippen molar-refractivity contribution in [2.45, 2.75) is 19.4 Å². The minimum Gasteiger partial charge on any atom is -0.340 e.